The number of halogens is 2. The van der Waals surface area contributed by atoms with Crippen LogP contribution in [0.2, 0.25) is 5.02 Å². The first-order valence-corrected chi connectivity index (χ1v) is 17.9. The number of imide groups is 2. The minimum Gasteiger partial charge on any atom is -0.508 e. The van der Waals surface area contributed by atoms with Crippen molar-refractivity contribution in [2.24, 2.45) is 29.1 Å². The summed E-state index contributed by atoms with van der Waals surface area (Å²) >= 11 is 6.11. The van der Waals surface area contributed by atoms with Gasteiger partial charge in [0, 0.05) is 37.2 Å². The highest BCUT2D eigenvalue weighted by Gasteiger charge is 2.68. The number of methoxy groups -OCH3 is 1. The van der Waals surface area contributed by atoms with Gasteiger partial charge in [-0.25, -0.2) is 9.29 Å². The van der Waals surface area contributed by atoms with Gasteiger partial charge in [0.1, 0.15) is 17.3 Å². The Morgan fingerprint density at radius 1 is 0.941 bits per heavy atom. The van der Waals surface area contributed by atoms with Gasteiger partial charge in [0.25, 0.3) is 0 Å². The molecular formula is C40H39ClFN3O6. The first-order valence-electron chi connectivity index (χ1n) is 17.6. The van der Waals surface area contributed by atoms with Gasteiger partial charge in [-0.05, 0) is 80.5 Å². The molecule has 3 heterocycles. The molecule has 8 rings (SSSR count). The molecule has 0 spiro atoms. The molecule has 51 heavy (non-hydrogen) atoms. The molecule has 0 unspecified atom stereocenters. The van der Waals surface area contributed by atoms with Crippen LogP contribution in [-0.4, -0.2) is 64.8 Å². The monoisotopic (exact) mass is 711 g/mol. The second kappa shape index (κ2) is 12.6. The Kier molecular flexibility index (Phi) is 8.30. The highest BCUT2D eigenvalue weighted by molar-refractivity contribution is 6.31. The van der Waals surface area contributed by atoms with Crippen LogP contribution >= 0.6 is 11.6 Å². The van der Waals surface area contributed by atoms with E-state index in [-0.39, 0.29) is 40.7 Å². The summed E-state index contributed by atoms with van der Waals surface area (Å²) in [6.07, 6.45) is 3.80. The molecule has 4 amide bonds. The van der Waals surface area contributed by atoms with Gasteiger partial charge in [0.05, 0.1) is 41.0 Å². The Morgan fingerprint density at radius 3 is 2.39 bits per heavy atom. The lowest BCUT2D eigenvalue weighted by molar-refractivity contribution is -0.144. The third kappa shape index (κ3) is 5.20. The number of phenols is 1. The van der Waals surface area contributed by atoms with Gasteiger partial charge in [-0.15, -0.1) is 0 Å². The molecule has 9 nitrogen and oxygen atoms in total. The number of allylic oxidation sites excluding steroid dienone is 2. The minimum absolute atomic E-state index is 0.0781. The molecule has 3 saturated heterocycles. The number of aromatic hydroxyl groups is 1. The van der Waals surface area contributed by atoms with E-state index in [1.807, 2.05) is 24.3 Å². The molecule has 3 aromatic rings. The molecule has 0 radical (unpaired) electrons. The third-order valence-corrected chi connectivity index (χ3v) is 12.5. The van der Waals surface area contributed by atoms with Gasteiger partial charge in [-0.3, -0.25) is 29.0 Å². The van der Waals surface area contributed by atoms with Crippen LogP contribution in [0.3, 0.4) is 0 Å². The predicted octanol–water partition coefficient (Wildman–Crippen LogP) is 6.09. The second-order valence-electron chi connectivity index (χ2n) is 14.7. The Balaban J connectivity index is 1.14. The molecule has 0 aromatic heterocycles. The van der Waals surface area contributed by atoms with E-state index in [0.29, 0.717) is 30.6 Å². The van der Waals surface area contributed by atoms with Crippen molar-refractivity contribution >= 4 is 40.9 Å². The Bertz CT molecular complexity index is 1980. The second-order valence-corrected chi connectivity index (χ2v) is 15.1. The molecule has 6 atom stereocenters. The van der Waals surface area contributed by atoms with Crippen molar-refractivity contribution in [1.29, 1.82) is 0 Å². The SMILES string of the molecule is COc1ccc(O)c([C@H]2C3=CC[C@@H]4C(=O)N(C5CCN(Cc6ccccc6)CC5)C(=O)[C@@H]4[C@@H]3C[C@H]3C(=O)N(c4ccc(F)c(Cl)c4)C(=O)[C@@]23C)c1. The maximum atomic E-state index is 14.6. The topological polar surface area (TPSA) is 107 Å². The van der Waals surface area contributed by atoms with Crippen LogP contribution in [0.25, 0.3) is 0 Å². The lowest BCUT2D eigenvalue weighted by Crippen LogP contribution is -2.49. The maximum Gasteiger partial charge on any atom is 0.241 e. The number of hydrogen-bond donors (Lipinski definition) is 1. The fourth-order valence-electron chi connectivity index (χ4n) is 9.68. The molecule has 3 aromatic carbocycles. The lowest BCUT2D eigenvalue weighted by atomic mass is 9.51. The largest absolute Gasteiger partial charge is 0.508 e. The van der Waals surface area contributed by atoms with E-state index in [2.05, 4.69) is 17.0 Å². The molecule has 2 aliphatic carbocycles. The van der Waals surface area contributed by atoms with Crippen molar-refractivity contribution in [3.8, 4) is 11.5 Å². The first-order chi connectivity index (χ1) is 24.5. The Morgan fingerprint density at radius 2 is 1.69 bits per heavy atom. The van der Waals surface area contributed by atoms with Crippen molar-refractivity contribution in [2.75, 3.05) is 25.1 Å². The van der Waals surface area contributed by atoms with Gasteiger partial charge >= 0.3 is 0 Å². The smallest absolute Gasteiger partial charge is 0.241 e. The zero-order valence-electron chi connectivity index (χ0n) is 28.4. The first kappa shape index (κ1) is 33.6. The van der Waals surface area contributed by atoms with E-state index in [9.17, 15) is 28.7 Å². The molecule has 11 heteroatoms. The summed E-state index contributed by atoms with van der Waals surface area (Å²) in [5.41, 5.74) is 1.15. The van der Waals surface area contributed by atoms with Crippen LogP contribution in [0, 0.1) is 34.9 Å². The molecule has 4 fully saturated rings. The fourth-order valence-corrected chi connectivity index (χ4v) is 9.86. The van der Waals surface area contributed by atoms with Crippen molar-refractivity contribution in [1.82, 2.24) is 9.80 Å². The number of fused-ring (bicyclic) bond motifs is 4. The van der Waals surface area contributed by atoms with Crippen LogP contribution in [0.5, 0.6) is 11.5 Å². The van der Waals surface area contributed by atoms with Crippen LogP contribution in [0.15, 0.2) is 78.4 Å². The average molecular weight is 712 g/mol. The molecule has 3 aliphatic heterocycles. The summed E-state index contributed by atoms with van der Waals surface area (Å²) < 4.78 is 19.7. The number of anilines is 1. The number of benzene rings is 3. The molecule has 5 aliphatic rings. The van der Waals surface area contributed by atoms with Gasteiger partial charge in [0.15, 0.2) is 0 Å². The third-order valence-electron chi connectivity index (χ3n) is 12.2. The van der Waals surface area contributed by atoms with Gasteiger partial charge in [-0.1, -0.05) is 53.6 Å². The quantitative estimate of drug-likeness (QED) is 0.244. The summed E-state index contributed by atoms with van der Waals surface area (Å²) in [6, 6.07) is 18.5. The van der Waals surface area contributed by atoms with E-state index >= 15 is 0 Å². The number of rotatable bonds is 6. The number of likely N-dealkylation sites (tertiary alicyclic amines) is 2. The van der Waals surface area contributed by atoms with Crippen LogP contribution in [-0.2, 0) is 25.7 Å². The predicted molar refractivity (Wildman–Crippen MR) is 187 cm³/mol. The van der Waals surface area contributed by atoms with Gasteiger partial charge in [-0.2, -0.15) is 0 Å². The summed E-state index contributed by atoms with van der Waals surface area (Å²) in [5.74, 6) is -5.20. The molecule has 1 saturated carbocycles. The standard InChI is InChI=1S/C40H39ClFN3O6/c1-40-30(37(48)45(39(40)50)24-8-12-32(42)31(41)18-24)20-28-26(35(40)29-19-25(51-2)9-13-33(29)46)10-11-27-34(28)38(49)44(36(27)47)23-14-16-43(17-15-23)21-22-6-4-3-5-7-22/h3-10,12-13,18-19,23,27-28,30,34-35,46H,11,14-17,20-21H2,1-2H3/t27-,28+,30-,34-,35+,40+/m0/s1. The van der Waals surface area contributed by atoms with Crippen molar-refractivity contribution in [2.45, 2.75) is 51.1 Å². The van der Waals surface area contributed by atoms with Crippen LogP contribution < -0.4 is 9.64 Å². The summed E-state index contributed by atoms with van der Waals surface area (Å²) in [6.45, 7) is 4.06. The summed E-state index contributed by atoms with van der Waals surface area (Å²) in [7, 11) is 1.50. The van der Waals surface area contributed by atoms with Crippen molar-refractivity contribution in [3.63, 3.8) is 0 Å². The highest BCUT2D eigenvalue weighted by Crippen LogP contribution is 2.64. The maximum absolute atomic E-state index is 14.6. The normalized spacial score (nSPS) is 29.6. The molecule has 0 bridgehead atoms. The minimum atomic E-state index is -1.38. The van der Waals surface area contributed by atoms with E-state index < -0.39 is 52.6 Å². The van der Waals surface area contributed by atoms with Crippen molar-refractivity contribution in [3.05, 3.63) is 100 Å². The highest BCUT2D eigenvalue weighted by atomic mass is 35.5. The number of carbonyl (C=O) groups excluding carboxylic acids is 4. The molecular weight excluding hydrogens is 673 g/mol. The Labute approximate surface area is 300 Å². The molecule has 264 valence electrons. The number of ether oxygens (including phenoxy) is 1. The number of carbonyl (C=O) groups is 4. The van der Waals surface area contributed by atoms with Gasteiger partial charge < -0.3 is 9.84 Å². The van der Waals surface area contributed by atoms with Crippen LogP contribution in [0.1, 0.15) is 49.7 Å². The molecule has 1 N–H and O–H groups in total. The Hall–Kier alpha value is -4.54. The fraction of sp³-hybridized carbons (Fsp3) is 0.400. The summed E-state index contributed by atoms with van der Waals surface area (Å²) in [4.78, 5) is 62.6. The lowest BCUT2D eigenvalue weighted by Gasteiger charge is -2.49. The number of phenolic OH excluding ortho intramolecular Hbond substituents is 1. The van der Waals surface area contributed by atoms with Gasteiger partial charge in [0.2, 0.25) is 23.6 Å². The summed E-state index contributed by atoms with van der Waals surface area (Å²) in [5, 5.41) is 11.1. The zero-order valence-corrected chi connectivity index (χ0v) is 29.2. The van der Waals surface area contributed by atoms with E-state index in [1.54, 1.807) is 19.1 Å². The number of nitrogens with zero attached hydrogens (tertiary/aromatic N) is 3. The van der Waals surface area contributed by atoms with E-state index in [1.165, 1.54) is 35.8 Å². The number of piperidine rings is 1. The van der Waals surface area contributed by atoms with E-state index in [0.717, 1.165) is 36.2 Å². The number of amides is 4. The number of hydrogen-bond acceptors (Lipinski definition) is 7. The zero-order chi connectivity index (χ0) is 35.8. The van der Waals surface area contributed by atoms with E-state index in [4.69, 9.17) is 16.3 Å². The average Bonchev–Trinajstić information content (AvgIpc) is 3.50. The van der Waals surface area contributed by atoms with Crippen molar-refractivity contribution < 1.29 is 33.4 Å². The van der Waals surface area contributed by atoms with Crippen LogP contribution in [0.4, 0.5) is 10.1 Å².